The lowest BCUT2D eigenvalue weighted by Crippen LogP contribution is -2.15. The number of fused-ring (bicyclic) bond motifs is 1. The van der Waals surface area contributed by atoms with Crippen molar-refractivity contribution in [3.63, 3.8) is 0 Å². The summed E-state index contributed by atoms with van der Waals surface area (Å²) >= 11 is -1.54. The van der Waals surface area contributed by atoms with E-state index in [4.69, 9.17) is 0 Å². The normalized spacial score (nSPS) is 14.7. The number of aromatic nitrogens is 3. The first-order valence-corrected chi connectivity index (χ1v) is 8.50. The summed E-state index contributed by atoms with van der Waals surface area (Å²) in [5.74, 6) is 0. The molecule has 2 unspecified atom stereocenters. The Balaban J connectivity index is 1.96. The van der Waals surface area contributed by atoms with E-state index in [-0.39, 0.29) is 15.9 Å². The van der Waals surface area contributed by atoms with Crippen LogP contribution in [0.3, 0.4) is 0 Å². The summed E-state index contributed by atoms with van der Waals surface area (Å²) in [5, 5.41) is -0.226. The lowest BCUT2D eigenvalue weighted by Gasteiger charge is -2.17. The van der Waals surface area contributed by atoms with Gasteiger partial charge in [0.15, 0.2) is 5.25 Å². The van der Waals surface area contributed by atoms with E-state index in [1.807, 2.05) is 6.92 Å². The molecule has 0 aliphatic heterocycles. The second-order valence-corrected chi connectivity index (χ2v) is 6.77. The van der Waals surface area contributed by atoms with Crippen LogP contribution < -0.4 is 0 Å². The minimum absolute atomic E-state index is 0.154. The molecule has 2 heterocycles. The smallest absolute Gasteiger partial charge is 0.416 e. The van der Waals surface area contributed by atoms with Crippen molar-refractivity contribution in [3.8, 4) is 0 Å². The number of imidazole rings is 1. The molecule has 1 N–H and O–H groups in total. The van der Waals surface area contributed by atoms with E-state index in [0.717, 1.165) is 12.1 Å². The average molecular weight is 353 g/mol. The van der Waals surface area contributed by atoms with Crippen LogP contribution in [0.5, 0.6) is 0 Å². The van der Waals surface area contributed by atoms with Crippen molar-refractivity contribution in [2.24, 2.45) is 0 Å². The second kappa shape index (κ2) is 6.45. The first kappa shape index (κ1) is 16.8. The Hall–Kier alpha value is -2.06. The van der Waals surface area contributed by atoms with Crippen molar-refractivity contribution in [2.75, 3.05) is 0 Å². The van der Waals surface area contributed by atoms with Crippen molar-refractivity contribution in [1.29, 1.82) is 0 Å². The summed E-state index contributed by atoms with van der Waals surface area (Å²) in [6.07, 6.45) is -2.25. The number of hydrogen-bond donors (Lipinski definition) is 1. The monoisotopic (exact) mass is 353 g/mol. The zero-order chi connectivity index (χ0) is 17.3. The summed E-state index contributed by atoms with van der Waals surface area (Å²) in [4.78, 5) is 11.1. The van der Waals surface area contributed by atoms with Crippen LogP contribution in [0.25, 0.3) is 11.0 Å². The third-order valence-electron chi connectivity index (χ3n) is 3.62. The van der Waals surface area contributed by atoms with E-state index in [2.05, 4.69) is 15.0 Å². The molecule has 0 radical (unpaired) electrons. The first-order valence-electron chi connectivity index (χ1n) is 7.28. The molecule has 8 heteroatoms. The molecule has 4 nitrogen and oxygen atoms in total. The molecular weight excluding hydrogens is 339 g/mol. The number of rotatable bonds is 4. The van der Waals surface area contributed by atoms with Crippen LogP contribution in [-0.4, -0.2) is 19.5 Å². The van der Waals surface area contributed by atoms with Crippen LogP contribution in [0.2, 0.25) is 0 Å². The summed E-state index contributed by atoms with van der Waals surface area (Å²) in [6.45, 7) is 1.88. The van der Waals surface area contributed by atoms with Gasteiger partial charge in [0.1, 0.15) is 0 Å². The highest BCUT2D eigenvalue weighted by molar-refractivity contribution is 7.91. The molecule has 3 aromatic rings. The largest absolute Gasteiger partial charge is 0.608 e. The van der Waals surface area contributed by atoms with Gasteiger partial charge in [0.2, 0.25) is 0 Å². The quantitative estimate of drug-likeness (QED) is 0.714. The summed E-state index contributed by atoms with van der Waals surface area (Å²) < 4.78 is 51.1. The highest BCUT2D eigenvalue weighted by Crippen LogP contribution is 2.33. The average Bonchev–Trinajstić information content (AvgIpc) is 2.99. The first-order chi connectivity index (χ1) is 11.4. The summed E-state index contributed by atoms with van der Waals surface area (Å²) in [7, 11) is 0. The molecule has 2 atom stereocenters. The van der Waals surface area contributed by atoms with Gasteiger partial charge in [-0.05, 0) is 36.8 Å². The number of alkyl halides is 3. The van der Waals surface area contributed by atoms with Gasteiger partial charge in [0, 0.05) is 17.4 Å². The Bertz CT molecular complexity index is 835. The maximum Gasteiger partial charge on any atom is 0.416 e. The number of benzene rings is 1. The molecular formula is C16H14F3N3OS. The minimum atomic E-state index is -4.43. The molecule has 0 aliphatic rings. The molecule has 0 saturated heterocycles. The number of aromatic amines is 1. The van der Waals surface area contributed by atoms with Gasteiger partial charge in [-0.25, -0.2) is 0 Å². The third kappa shape index (κ3) is 3.25. The molecule has 3 rings (SSSR count). The van der Waals surface area contributed by atoms with Crippen LogP contribution in [-0.2, 0) is 17.4 Å². The molecule has 0 spiro atoms. The van der Waals surface area contributed by atoms with Gasteiger partial charge in [-0.2, -0.15) is 18.2 Å². The van der Waals surface area contributed by atoms with E-state index >= 15 is 0 Å². The Morgan fingerprint density at radius 1 is 1.25 bits per heavy atom. The molecule has 0 bridgehead atoms. The Morgan fingerprint density at radius 2 is 2.04 bits per heavy atom. The van der Waals surface area contributed by atoms with Gasteiger partial charge in [-0.3, -0.25) is 9.97 Å². The van der Waals surface area contributed by atoms with E-state index in [1.54, 1.807) is 24.4 Å². The fourth-order valence-corrected chi connectivity index (χ4v) is 3.76. The SMILES string of the molecule is CCC(c1ccccn1)[S+]([O-])c1nc2ccc(C(F)(F)F)cc2[nH]1. The predicted molar refractivity (Wildman–Crippen MR) is 84.8 cm³/mol. The number of nitrogens with one attached hydrogen (secondary N) is 1. The van der Waals surface area contributed by atoms with Crippen molar-refractivity contribution >= 4 is 22.2 Å². The lowest BCUT2D eigenvalue weighted by molar-refractivity contribution is -0.137. The summed E-state index contributed by atoms with van der Waals surface area (Å²) in [6, 6.07) is 8.56. The van der Waals surface area contributed by atoms with E-state index in [9.17, 15) is 17.7 Å². The molecule has 0 amide bonds. The lowest BCUT2D eigenvalue weighted by atomic mass is 10.2. The fourth-order valence-electron chi connectivity index (χ4n) is 2.43. The highest BCUT2D eigenvalue weighted by atomic mass is 32.2. The van der Waals surface area contributed by atoms with Crippen LogP contribution in [0.4, 0.5) is 13.2 Å². The molecule has 0 fully saturated rings. The van der Waals surface area contributed by atoms with E-state index in [1.165, 1.54) is 6.07 Å². The standard InChI is InChI=1S/C16H14F3N3OS/c1-2-14(12-5-3-4-8-20-12)24(23)15-21-11-7-6-10(16(17,18)19)9-13(11)22-15/h3-9,14H,2H2,1H3,(H,21,22). The summed E-state index contributed by atoms with van der Waals surface area (Å²) in [5.41, 5.74) is 0.453. The fraction of sp³-hybridized carbons (Fsp3) is 0.250. The van der Waals surface area contributed by atoms with Gasteiger partial charge in [-0.1, -0.05) is 13.0 Å². The van der Waals surface area contributed by atoms with Crippen LogP contribution in [0.15, 0.2) is 47.8 Å². The number of hydrogen-bond acceptors (Lipinski definition) is 3. The van der Waals surface area contributed by atoms with Crippen LogP contribution in [0.1, 0.15) is 29.9 Å². The van der Waals surface area contributed by atoms with Crippen molar-refractivity contribution < 1.29 is 17.7 Å². The highest BCUT2D eigenvalue weighted by Gasteiger charge is 2.32. The number of halogens is 3. The molecule has 0 aliphatic carbocycles. The second-order valence-electron chi connectivity index (χ2n) is 5.22. The van der Waals surface area contributed by atoms with Crippen molar-refractivity contribution in [2.45, 2.75) is 29.9 Å². The Morgan fingerprint density at radius 3 is 2.67 bits per heavy atom. The van der Waals surface area contributed by atoms with Crippen molar-refractivity contribution in [3.05, 3.63) is 53.9 Å². The van der Waals surface area contributed by atoms with Gasteiger partial charge >= 0.3 is 11.3 Å². The van der Waals surface area contributed by atoms with E-state index < -0.39 is 22.9 Å². The van der Waals surface area contributed by atoms with Crippen LogP contribution in [0, 0.1) is 0 Å². The van der Waals surface area contributed by atoms with Crippen LogP contribution >= 0.6 is 0 Å². The maximum atomic E-state index is 12.8. The minimum Gasteiger partial charge on any atom is -0.608 e. The molecule has 126 valence electrons. The molecule has 24 heavy (non-hydrogen) atoms. The topological polar surface area (TPSA) is 64.6 Å². The van der Waals surface area contributed by atoms with Gasteiger partial charge in [0.05, 0.1) is 22.3 Å². The predicted octanol–water partition coefficient (Wildman–Crippen LogP) is 4.24. The molecule has 0 saturated carbocycles. The van der Waals surface area contributed by atoms with Crippen molar-refractivity contribution in [1.82, 2.24) is 15.0 Å². The zero-order valence-electron chi connectivity index (χ0n) is 12.7. The zero-order valence-corrected chi connectivity index (χ0v) is 13.5. The van der Waals surface area contributed by atoms with Gasteiger partial charge in [0.25, 0.3) is 0 Å². The number of H-pyrrole nitrogens is 1. The number of pyridine rings is 1. The third-order valence-corrected chi connectivity index (χ3v) is 5.29. The maximum absolute atomic E-state index is 12.8. The van der Waals surface area contributed by atoms with E-state index in [0.29, 0.717) is 17.6 Å². The molecule has 2 aromatic heterocycles. The van der Waals surface area contributed by atoms with Gasteiger partial charge in [-0.15, -0.1) is 0 Å². The Kier molecular flexibility index (Phi) is 4.51. The Labute approximate surface area is 139 Å². The molecule has 1 aromatic carbocycles. The van der Waals surface area contributed by atoms with Gasteiger partial charge < -0.3 is 4.55 Å². The number of nitrogens with zero attached hydrogens (tertiary/aromatic N) is 2.